The summed E-state index contributed by atoms with van der Waals surface area (Å²) in [5, 5.41) is 0. The molecule has 0 aromatic rings. The molecule has 0 amide bonds. The maximum Gasteiger partial charge on any atom is 0.191 e. The van der Waals surface area contributed by atoms with Gasteiger partial charge < -0.3 is 10.6 Å². The highest BCUT2D eigenvalue weighted by Gasteiger charge is 2.17. The summed E-state index contributed by atoms with van der Waals surface area (Å²) in [7, 11) is 0. The highest BCUT2D eigenvalue weighted by Crippen LogP contribution is 2.15. The van der Waals surface area contributed by atoms with E-state index < -0.39 is 0 Å². The number of guanidine groups is 1. The third-order valence-electron chi connectivity index (χ3n) is 2.39. The average molecular weight is 260 g/mol. The Balaban J connectivity index is 2.46. The number of piperidine rings is 1. The van der Waals surface area contributed by atoms with Crippen molar-refractivity contribution in [1.29, 1.82) is 0 Å². The first-order valence-electron chi connectivity index (χ1n) is 4.97. The van der Waals surface area contributed by atoms with Crippen LogP contribution >= 0.6 is 15.9 Å². The Morgan fingerprint density at radius 3 is 3.00 bits per heavy atom. The van der Waals surface area contributed by atoms with Gasteiger partial charge in [0.2, 0.25) is 0 Å². The first-order chi connectivity index (χ1) is 6.59. The van der Waals surface area contributed by atoms with Gasteiger partial charge in [0.1, 0.15) is 0 Å². The maximum atomic E-state index is 5.87. The summed E-state index contributed by atoms with van der Waals surface area (Å²) < 4.78 is 0.866. The molecule has 80 valence electrons. The van der Waals surface area contributed by atoms with Crippen molar-refractivity contribution >= 4 is 21.9 Å². The van der Waals surface area contributed by atoms with E-state index >= 15 is 0 Å². The van der Waals surface area contributed by atoms with Gasteiger partial charge in [-0.2, -0.15) is 0 Å². The fraction of sp³-hybridized carbons (Fsp3) is 0.700. The molecule has 1 heterocycles. The molecule has 0 radical (unpaired) electrons. The van der Waals surface area contributed by atoms with Gasteiger partial charge in [0.15, 0.2) is 5.96 Å². The van der Waals surface area contributed by atoms with Gasteiger partial charge in [-0.25, -0.2) is 4.99 Å². The molecule has 4 heteroatoms. The van der Waals surface area contributed by atoms with Gasteiger partial charge in [-0.15, -0.1) is 0 Å². The minimum Gasteiger partial charge on any atom is -0.370 e. The number of halogens is 1. The van der Waals surface area contributed by atoms with Gasteiger partial charge in [0.05, 0.1) is 6.54 Å². The number of rotatable bonds is 2. The number of hydrogen-bond donors (Lipinski definition) is 1. The average Bonchev–Trinajstić information content (AvgIpc) is 2.14. The molecule has 1 fully saturated rings. The zero-order valence-electron chi connectivity index (χ0n) is 8.67. The number of likely N-dealkylation sites (tertiary alicyclic amines) is 1. The van der Waals surface area contributed by atoms with Crippen LogP contribution in [-0.4, -0.2) is 30.5 Å². The molecule has 1 saturated heterocycles. The van der Waals surface area contributed by atoms with Crippen LogP contribution in [0.5, 0.6) is 0 Å². The summed E-state index contributed by atoms with van der Waals surface area (Å²) in [6, 6.07) is 0. The minimum atomic E-state index is 0.566. The van der Waals surface area contributed by atoms with Crippen molar-refractivity contribution < 1.29 is 0 Å². The monoisotopic (exact) mass is 259 g/mol. The van der Waals surface area contributed by atoms with Crippen molar-refractivity contribution in [2.24, 2.45) is 16.6 Å². The lowest BCUT2D eigenvalue weighted by Gasteiger charge is -2.31. The van der Waals surface area contributed by atoms with E-state index in [0.717, 1.165) is 23.5 Å². The van der Waals surface area contributed by atoms with Crippen LogP contribution in [0.1, 0.15) is 19.8 Å². The zero-order valence-corrected chi connectivity index (χ0v) is 10.3. The topological polar surface area (TPSA) is 41.6 Å². The van der Waals surface area contributed by atoms with Crippen LogP contribution in [0, 0.1) is 5.92 Å². The largest absolute Gasteiger partial charge is 0.370 e. The van der Waals surface area contributed by atoms with E-state index in [9.17, 15) is 0 Å². The summed E-state index contributed by atoms with van der Waals surface area (Å²) in [4.78, 5) is 6.41. The van der Waals surface area contributed by atoms with E-state index in [0.29, 0.717) is 12.5 Å². The van der Waals surface area contributed by atoms with Gasteiger partial charge >= 0.3 is 0 Å². The predicted molar refractivity (Wildman–Crippen MR) is 64.5 cm³/mol. The third kappa shape index (κ3) is 3.70. The Bertz CT molecular complexity index is 238. The second kappa shape index (κ2) is 5.39. The molecule has 1 aliphatic rings. The normalized spacial score (nSPS) is 23.7. The highest BCUT2D eigenvalue weighted by atomic mass is 79.9. The van der Waals surface area contributed by atoms with Crippen molar-refractivity contribution in [3.8, 4) is 0 Å². The highest BCUT2D eigenvalue weighted by molar-refractivity contribution is 9.11. The van der Waals surface area contributed by atoms with Crippen molar-refractivity contribution in [2.75, 3.05) is 19.6 Å². The summed E-state index contributed by atoms with van der Waals surface area (Å²) in [5.74, 6) is 1.38. The molecule has 0 spiro atoms. The molecule has 1 rings (SSSR count). The summed E-state index contributed by atoms with van der Waals surface area (Å²) >= 11 is 3.26. The first kappa shape index (κ1) is 11.6. The van der Waals surface area contributed by atoms with E-state index in [1.54, 1.807) is 0 Å². The molecule has 1 aliphatic heterocycles. The SMILES string of the molecule is C=C(Br)CN=C(N)N1CCCC(C)C1. The molecule has 14 heavy (non-hydrogen) atoms. The Morgan fingerprint density at radius 1 is 1.71 bits per heavy atom. The Kier molecular flexibility index (Phi) is 4.45. The standard InChI is InChI=1S/C10H18BrN3/c1-8-4-3-5-14(7-8)10(12)13-6-9(2)11/h8H,2-7H2,1H3,(H2,12,13). The maximum absolute atomic E-state index is 5.87. The fourth-order valence-corrected chi connectivity index (χ4v) is 1.79. The molecule has 2 N–H and O–H groups in total. The fourth-order valence-electron chi connectivity index (χ4n) is 1.66. The number of hydrogen-bond acceptors (Lipinski definition) is 1. The Morgan fingerprint density at radius 2 is 2.43 bits per heavy atom. The van der Waals surface area contributed by atoms with Crippen molar-refractivity contribution in [3.63, 3.8) is 0 Å². The van der Waals surface area contributed by atoms with Crippen molar-refractivity contribution in [1.82, 2.24) is 4.90 Å². The van der Waals surface area contributed by atoms with Crippen LogP contribution in [0.4, 0.5) is 0 Å². The van der Waals surface area contributed by atoms with Gasteiger partial charge in [-0.05, 0) is 18.8 Å². The molecular weight excluding hydrogens is 242 g/mol. The molecule has 0 aromatic carbocycles. The van der Waals surface area contributed by atoms with E-state index in [1.165, 1.54) is 12.8 Å². The van der Waals surface area contributed by atoms with Gasteiger partial charge in [0.25, 0.3) is 0 Å². The van der Waals surface area contributed by atoms with Crippen LogP contribution in [0.15, 0.2) is 16.1 Å². The lowest BCUT2D eigenvalue weighted by atomic mass is 10.0. The van der Waals surface area contributed by atoms with Crippen LogP contribution < -0.4 is 5.73 Å². The van der Waals surface area contributed by atoms with Crippen LogP contribution in [0.2, 0.25) is 0 Å². The van der Waals surface area contributed by atoms with Gasteiger partial charge in [0, 0.05) is 17.6 Å². The minimum absolute atomic E-state index is 0.566. The first-order valence-corrected chi connectivity index (χ1v) is 5.77. The molecule has 0 bridgehead atoms. The van der Waals surface area contributed by atoms with E-state index in [-0.39, 0.29) is 0 Å². The summed E-state index contributed by atoms with van der Waals surface area (Å²) in [6.07, 6.45) is 2.52. The van der Waals surface area contributed by atoms with Crippen LogP contribution in [0.25, 0.3) is 0 Å². The lowest BCUT2D eigenvalue weighted by molar-refractivity contribution is 0.270. The zero-order chi connectivity index (χ0) is 10.6. The number of nitrogens with zero attached hydrogens (tertiary/aromatic N) is 2. The lowest BCUT2D eigenvalue weighted by Crippen LogP contribution is -2.43. The molecule has 0 aliphatic carbocycles. The van der Waals surface area contributed by atoms with Crippen LogP contribution in [-0.2, 0) is 0 Å². The smallest absolute Gasteiger partial charge is 0.191 e. The van der Waals surface area contributed by atoms with Gasteiger partial charge in [-0.3, -0.25) is 0 Å². The molecule has 1 unspecified atom stereocenters. The molecule has 0 saturated carbocycles. The molecule has 3 nitrogen and oxygen atoms in total. The van der Waals surface area contributed by atoms with Crippen LogP contribution in [0.3, 0.4) is 0 Å². The van der Waals surface area contributed by atoms with E-state index in [4.69, 9.17) is 5.73 Å². The predicted octanol–water partition coefficient (Wildman–Crippen LogP) is 1.94. The van der Waals surface area contributed by atoms with E-state index in [2.05, 4.69) is 39.3 Å². The van der Waals surface area contributed by atoms with Crippen molar-refractivity contribution in [2.45, 2.75) is 19.8 Å². The van der Waals surface area contributed by atoms with E-state index in [1.807, 2.05) is 0 Å². The Labute approximate surface area is 94.2 Å². The quantitative estimate of drug-likeness (QED) is 0.609. The second-order valence-corrected chi connectivity index (χ2v) is 5.01. The number of aliphatic imine (C=N–C) groups is 1. The summed E-state index contributed by atoms with van der Waals surface area (Å²) in [6.45, 7) is 8.61. The molecule has 0 aromatic heterocycles. The Hall–Kier alpha value is -0.510. The summed E-state index contributed by atoms with van der Waals surface area (Å²) in [5.41, 5.74) is 5.87. The number of nitrogens with two attached hydrogens (primary N) is 1. The molecule has 1 atom stereocenters. The third-order valence-corrected chi connectivity index (χ3v) is 2.64. The second-order valence-electron chi connectivity index (χ2n) is 3.89. The molecular formula is C10H18BrN3. The van der Waals surface area contributed by atoms with Crippen molar-refractivity contribution in [3.05, 3.63) is 11.1 Å². The van der Waals surface area contributed by atoms with Gasteiger partial charge in [-0.1, -0.05) is 29.4 Å².